The van der Waals surface area contributed by atoms with Crippen LogP contribution in [0.15, 0.2) is 46.7 Å². The molecule has 1 aromatic heterocycles. The first-order chi connectivity index (χ1) is 8.78. The van der Waals surface area contributed by atoms with E-state index in [4.69, 9.17) is 5.84 Å². The zero-order valence-corrected chi connectivity index (χ0v) is 12.1. The van der Waals surface area contributed by atoms with Gasteiger partial charge in [0.2, 0.25) is 0 Å². The highest BCUT2D eigenvalue weighted by Gasteiger charge is 2.09. The minimum atomic E-state index is 0.315. The molecule has 1 heterocycles. The molecule has 1 aromatic carbocycles. The average Bonchev–Trinajstić information content (AvgIpc) is 2.89. The summed E-state index contributed by atoms with van der Waals surface area (Å²) in [7, 11) is 0. The van der Waals surface area contributed by atoms with E-state index in [1.807, 2.05) is 11.8 Å². The smallest absolute Gasteiger partial charge is 0.0352 e. The molecule has 0 bridgehead atoms. The van der Waals surface area contributed by atoms with Crippen LogP contribution in [0.25, 0.3) is 0 Å². The van der Waals surface area contributed by atoms with E-state index in [0.717, 1.165) is 12.2 Å². The van der Waals surface area contributed by atoms with Crippen molar-refractivity contribution in [3.8, 4) is 0 Å². The summed E-state index contributed by atoms with van der Waals surface area (Å²) < 4.78 is 0. The second-order valence-corrected chi connectivity index (χ2v) is 6.40. The Hall–Kier alpha value is -0.810. The van der Waals surface area contributed by atoms with E-state index in [1.165, 1.54) is 15.3 Å². The topological polar surface area (TPSA) is 38.0 Å². The van der Waals surface area contributed by atoms with E-state index in [2.05, 4.69) is 54.1 Å². The number of thiophene rings is 1. The maximum atomic E-state index is 5.62. The molecular formula is C14H18N2S2. The maximum absolute atomic E-state index is 5.62. The van der Waals surface area contributed by atoms with Crippen molar-refractivity contribution in [2.24, 2.45) is 5.84 Å². The lowest BCUT2D eigenvalue weighted by Crippen LogP contribution is -2.38. The van der Waals surface area contributed by atoms with Crippen LogP contribution in [0.4, 0.5) is 0 Å². The van der Waals surface area contributed by atoms with Gasteiger partial charge in [0, 0.05) is 21.6 Å². The van der Waals surface area contributed by atoms with Crippen LogP contribution in [0.5, 0.6) is 0 Å². The summed E-state index contributed by atoms with van der Waals surface area (Å²) >= 11 is 3.63. The second kappa shape index (κ2) is 6.95. The first-order valence-corrected chi connectivity index (χ1v) is 7.82. The summed E-state index contributed by atoms with van der Waals surface area (Å²) in [6, 6.07) is 13.2. The summed E-state index contributed by atoms with van der Waals surface area (Å²) in [5.74, 6) is 6.60. The lowest BCUT2D eigenvalue weighted by atomic mass is 10.2. The predicted molar refractivity (Wildman–Crippen MR) is 81.0 cm³/mol. The standard InChI is InChI=1S/C14H18N2S2/c1-11-4-6-13(7-5-11)18-10-12(16-15)9-14-3-2-8-17-14/h2-8,12,16H,9-10,15H2,1H3. The molecule has 96 valence electrons. The molecule has 0 aliphatic heterocycles. The van der Waals surface area contributed by atoms with Crippen molar-refractivity contribution in [3.63, 3.8) is 0 Å². The number of benzene rings is 1. The Bertz CT molecular complexity index is 451. The molecule has 2 nitrogen and oxygen atoms in total. The van der Waals surface area contributed by atoms with E-state index < -0.39 is 0 Å². The van der Waals surface area contributed by atoms with Gasteiger partial charge in [0.25, 0.3) is 0 Å². The zero-order chi connectivity index (χ0) is 12.8. The van der Waals surface area contributed by atoms with Gasteiger partial charge in [0.1, 0.15) is 0 Å². The van der Waals surface area contributed by atoms with Crippen LogP contribution >= 0.6 is 23.1 Å². The van der Waals surface area contributed by atoms with Crippen molar-refractivity contribution < 1.29 is 0 Å². The Morgan fingerprint density at radius 1 is 1.28 bits per heavy atom. The molecule has 0 aliphatic carbocycles. The van der Waals surface area contributed by atoms with E-state index in [9.17, 15) is 0 Å². The first-order valence-electron chi connectivity index (χ1n) is 5.96. The molecule has 0 radical (unpaired) electrons. The van der Waals surface area contributed by atoms with Crippen LogP contribution in [-0.2, 0) is 6.42 Å². The monoisotopic (exact) mass is 278 g/mol. The fourth-order valence-electron chi connectivity index (χ4n) is 1.67. The molecule has 0 aliphatic rings. The van der Waals surface area contributed by atoms with Crippen LogP contribution in [0.3, 0.4) is 0 Å². The highest BCUT2D eigenvalue weighted by molar-refractivity contribution is 7.99. The molecule has 2 aromatic rings. The zero-order valence-electron chi connectivity index (χ0n) is 10.4. The molecule has 0 amide bonds. The summed E-state index contributed by atoms with van der Waals surface area (Å²) in [5.41, 5.74) is 4.21. The largest absolute Gasteiger partial charge is 0.271 e. The number of aryl methyl sites for hydroxylation is 1. The van der Waals surface area contributed by atoms with Gasteiger partial charge in [-0.2, -0.15) is 0 Å². The van der Waals surface area contributed by atoms with Gasteiger partial charge < -0.3 is 0 Å². The van der Waals surface area contributed by atoms with Crippen molar-refractivity contribution in [3.05, 3.63) is 52.2 Å². The van der Waals surface area contributed by atoms with Crippen molar-refractivity contribution in [1.29, 1.82) is 0 Å². The summed E-state index contributed by atoms with van der Waals surface area (Å²) in [5, 5.41) is 2.11. The Kier molecular flexibility index (Phi) is 5.26. The van der Waals surface area contributed by atoms with Crippen LogP contribution in [0, 0.1) is 6.92 Å². The van der Waals surface area contributed by atoms with Gasteiger partial charge in [-0.3, -0.25) is 11.3 Å². The molecule has 2 rings (SSSR count). The van der Waals surface area contributed by atoms with Gasteiger partial charge in [-0.25, -0.2) is 0 Å². The fourth-order valence-corrected chi connectivity index (χ4v) is 3.39. The number of nitrogens with one attached hydrogen (secondary N) is 1. The Morgan fingerprint density at radius 3 is 2.67 bits per heavy atom. The normalized spacial score (nSPS) is 12.6. The third kappa shape index (κ3) is 4.14. The lowest BCUT2D eigenvalue weighted by Gasteiger charge is -2.14. The van der Waals surface area contributed by atoms with Gasteiger partial charge in [-0.1, -0.05) is 23.8 Å². The van der Waals surface area contributed by atoms with Gasteiger partial charge in [-0.15, -0.1) is 23.1 Å². The molecule has 1 atom stereocenters. The highest BCUT2D eigenvalue weighted by Crippen LogP contribution is 2.21. The van der Waals surface area contributed by atoms with E-state index in [-0.39, 0.29) is 0 Å². The van der Waals surface area contributed by atoms with Crippen molar-refractivity contribution in [1.82, 2.24) is 5.43 Å². The maximum Gasteiger partial charge on any atom is 0.0352 e. The van der Waals surface area contributed by atoms with Gasteiger partial charge in [-0.05, 0) is 36.9 Å². The molecule has 0 saturated heterocycles. The Balaban J connectivity index is 1.85. The third-order valence-corrected chi connectivity index (χ3v) is 4.81. The van der Waals surface area contributed by atoms with Crippen molar-refractivity contribution >= 4 is 23.1 Å². The summed E-state index contributed by atoms with van der Waals surface area (Å²) in [6.07, 6.45) is 0.993. The quantitative estimate of drug-likeness (QED) is 0.484. The fraction of sp³-hybridized carbons (Fsp3) is 0.286. The third-order valence-electron chi connectivity index (χ3n) is 2.74. The average molecular weight is 278 g/mol. The molecule has 4 heteroatoms. The summed E-state index contributed by atoms with van der Waals surface area (Å²) in [4.78, 5) is 2.68. The van der Waals surface area contributed by atoms with E-state index in [1.54, 1.807) is 11.3 Å². The number of hydrogen-bond donors (Lipinski definition) is 2. The molecule has 0 fully saturated rings. The minimum Gasteiger partial charge on any atom is -0.271 e. The second-order valence-electron chi connectivity index (χ2n) is 4.27. The van der Waals surface area contributed by atoms with Crippen LogP contribution in [-0.4, -0.2) is 11.8 Å². The van der Waals surface area contributed by atoms with Gasteiger partial charge in [0.15, 0.2) is 0 Å². The predicted octanol–water partition coefficient (Wildman–Crippen LogP) is 3.22. The number of rotatable bonds is 6. The van der Waals surface area contributed by atoms with Gasteiger partial charge in [0.05, 0.1) is 0 Å². The minimum absolute atomic E-state index is 0.315. The molecule has 0 spiro atoms. The number of hydrogen-bond acceptors (Lipinski definition) is 4. The molecule has 3 N–H and O–H groups in total. The molecule has 18 heavy (non-hydrogen) atoms. The van der Waals surface area contributed by atoms with Crippen LogP contribution in [0.1, 0.15) is 10.4 Å². The van der Waals surface area contributed by atoms with Gasteiger partial charge >= 0.3 is 0 Å². The molecule has 1 unspecified atom stereocenters. The van der Waals surface area contributed by atoms with Crippen molar-refractivity contribution in [2.75, 3.05) is 5.75 Å². The first kappa shape index (κ1) is 13.6. The van der Waals surface area contributed by atoms with Crippen molar-refractivity contribution in [2.45, 2.75) is 24.3 Å². The molecule has 0 saturated carbocycles. The van der Waals surface area contributed by atoms with Crippen LogP contribution < -0.4 is 11.3 Å². The Morgan fingerprint density at radius 2 is 2.06 bits per heavy atom. The Labute approximate surface area is 117 Å². The lowest BCUT2D eigenvalue weighted by molar-refractivity contribution is 0.579. The summed E-state index contributed by atoms with van der Waals surface area (Å²) in [6.45, 7) is 2.11. The number of thioether (sulfide) groups is 1. The SMILES string of the molecule is Cc1ccc(SCC(Cc2cccs2)NN)cc1. The van der Waals surface area contributed by atoms with E-state index in [0.29, 0.717) is 6.04 Å². The molecular weight excluding hydrogens is 260 g/mol. The highest BCUT2D eigenvalue weighted by atomic mass is 32.2. The number of nitrogens with two attached hydrogens (primary N) is 1. The van der Waals surface area contributed by atoms with Crippen LogP contribution in [0.2, 0.25) is 0 Å². The van der Waals surface area contributed by atoms with E-state index >= 15 is 0 Å². The number of hydrazine groups is 1.